The number of likely N-dealkylation sites (tertiary alicyclic amines) is 1. The van der Waals surface area contributed by atoms with Crippen LogP contribution in [0, 0.1) is 5.41 Å². The lowest BCUT2D eigenvalue weighted by Crippen LogP contribution is -2.46. The van der Waals surface area contributed by atoms with E-state index in [4.69, 9.17) is 4.74 Å². The Hall–Kier alpha value is -1.31. The lowest BCUT2D eigenvalue weighted by atomic mass is 9.69. The van der Waals surface area contributed by atoms with Gasteiger partial charge in [-0.25, -0.2) is 4.68 Å². The topological polar surface area (TPSA) is 56.1 Å². The first kappa shape index (κ1) is 18.1. The van der Waals surface area contributed by atoms with Crippen LogP contribution in [0.15, 0.2) is 17.5 Å². The highest BCUT2D eigenvalue weighted by molar-refractivity contribution is 7.10. The molecule has 0 amide bonds. The van der Waals surface area contributed by atoms with Crippen LogP contribution in [0.2, 0.25) is 0 Å². The summed E-state index contributed by atoms with van der Waals surface area (Å²) in [5, 5.41) is 14.8. The molecule has 1 atom stereocenters. The summed E-state index contributed by atoms with van der Waals surface area (Å²) >= 11 is 1.81. The Kier molecular flexibility index (Phi) is 5.66. The largest absolute Gasteiger partial charge is 0.383 e. The Morgan fingerprint density at radius 2 is 2.08 bits per heavy atom. The van der Waals surface area contributed by atoms with Crippen LogP contribution in [0.1, 0.15) is 61.7 Å². The maximum atomic E-state index is 5.25. The third-order valence-corrected chi connectivity index (χ3v) is 7.02. The van der Waals surface area contributed by atoms with E-state index in [1.54, 1.807) is 7.11 Å². The van der Waals surface area contributed by atoms with E-state index in [1.807, 2.05) is 16.0 Å². The molecule has 0 bridgehead atoms. The zero-order valence-electron chi connectivity index (χ0n) is 15.6. The second-order valence-corrected chi connectivity index (χ2v) is 8.78. The molecule has 1 saturated heterocycles. The Labute approximate surface area is 159 Å². The molecule has 2 aliphatic rings. The Morgan fingerprint density at radius 1 is 1.23 bits per heavy atom. The zero-order valence-corrected chi connectivity index (χ0v) is 16.5. The van der Waals surface area contributed by atoms with Crippen LogP contribution in [0.25, 0.3) is 0 Å². The molecule has 0 aromatic carbocycles. The fourth-order valence-electron chi connectivity index (χ4n) is 4.84. The number of hydrogen-bond acceptors (Lipinski definition) is 6. The number of tetrazole rings is 1. The number of rotatable bonds is 6. The number of methoxy groups -OCH3 is 1. The minimum Gasteiger partial charge on any atom is -0.383 e. The van der Waals surface area contributed by atoms with E-state index < -0.39 is 0 Å². The average Bonchev–Trinajstić information content (AvgIpc) is 3.34. The van der Waals surface area contributed by atoms with Crippen LogP contribution in [-0.4, -0.2) is 51.9 Å². The molecule has 1 aliphatic heterocycles. The van der Waals surface area contributed by atoms with Gasteiger partial charge in [0.25, 0.3) is 0 Å². The first-order chi connectivity index (χ1) is 12.8. The number of ether oxygens (including phenoxy) is 1. The van der Waals surface area contributed by atoms with Crippen molar-refractivity contribution in [3.05, 3.63) is 28.2 Å². The van der Waals surface area contributed by atoms with Crippen molar-refractivity contribution < 1.29 is 4.74 Å². The molecule has 1 spiro atoms. The van der Waals surface area contributed by atoms with E-state index in [0.717, 1.165) is 12.4 Å². The fraction of sp³-hybridized carbons (Fsp3) is 0.737. The van der Waals surface area contributed by atoms with Crippen molar-refractivity contribution in [3.63, 3.8) is 0 Å². The normalized spacial score (nSPS) is 21.9. The van der Waals surface area contributed by atoms with Crippen molar-refractivity contribution in [1.29, 1.82) is 0 Å². The molecule has 2 aromatic rings. The predicted molar refractivity (Wildman–Crippen MR) is 102 cm³/mol. The molecule has 6 nitrogen and oxygen atoms in total. The molecule has 1 aliphatic carbocycles. The smallest absolute Gasteiger partial charge is 0.173 e. The van der Waals surface area contributed by atoms with Gasteiger partial charge in [-0.05, 0) is 59.5 Å². The zero-order chi connectivity index (χ0) is 17.8. The standard InChI is InChI=1S/C19H29N5OS/c1-25-13-12-24-18(20-21-22-24)17(16-7-5-14-26-16)23-11-6-10-19(15-23)8-3-2-4-9-19/h5,7,14,17H,2-4,6,8-13,15H2,1H3/t17-/m1/s1. The van der Waals surface area contributed by atoms with Gasteiger partial charge < -0.3 is 4.74 Å². The number of nitrogens with zero attached hydrogens (tertiary/aromatic N) is 5. The summed E-state index contributed by atoms with van der Waals surface area (Å²) in [6.45, 7) is 3.62. The summed E-state index contributed by atoms with van der Waals surface area (Å²) in [4.78, 5) is 3.99. The van der Waals surface area contributed by atoms with Crippen molar-refractivity contribution in [3.8, 4) is 0 Å². The fourth-order valence-corrected chi connectivity index (χ4v) is 5.69. The van der Waals surface area contributed by atoms with Gasteiger partial charge in [0.2, 0.25) is 0 Å². The van der Waals surface area contributed by atoms with Gasteiger partial charge in [-0.3, -0.25) is 4.90 Å². The third kappa shape index (κ3) is 3.70. The minimum atomic E-state index is 0.154. The molecule has 0 unspecified atom stereocenters. The van der Waals surface area contributed by atoms with E-state index in [1.165, 1.54) is 56.4 Å². The summed E-state index contributed by atoms with van der Waals surface area (Å²) in [5.41, 5.74) is 0.511. The van der Waals surface area contributed by atoms with Crippen molar-refractivity contribution in [2.24, 2.45) is 5.41 Å². The van der Waals surface area contributed by atoms with E-state index in [-0.39, 0.29) is 6.04 Å². The lowest BCUT2D eigenvalue weighted by Gasteiger charge is -2.47. The molecule has 26 heavy (non-hydrogen) atoms. The van der Waals surface area contributed by atoms with E-state index in [0.29, 0.717) is 18.6 Å². The Bertz CT molecular complexity index is 674. The summed E-state index contributed by atoms with van der Waals surface area (Å²) in [6, 6.07) is 4.52. The van der Waals surface area contributed by atoms with E-state index >= 15 is 0 Å². The number of aromatic nitrogens is 4. The van der Waals surface area contributed by atoms with Crippen molar-refractivity contribution >= 4 is 11.3 Å². The molecular formula is C19H29N5OS. The SMILES string of the molecule is COCCn1nnnc1[C@@H](c1cccs1)N1CCCC2(CCCCC2)C1. The molecule has 2 aromatic heterocycles. The van der Waals surface area contributed by atoms with Crippen LogP contribution in [0.4, 0.5) is 0 Å². The van der Waals surface area contributed by atoms with Gasteiger partial charge >= 0.3 is 0 Å². The highest BCUT2D eigenvalue weighted by Gasteiger charge is 2.40. The van der Waals surface area contributed by atoms with Crippen LogP contribution in [0.5, 0.6) is 0 Å². The monoisotopic (exact) mass is 375 g/mol. The predicted octanol–water partition coefficient (Wildman–Crippen LogP) is 3.52. The molecule has 0 N–H and O–H groups in total. The first-order valence-corrected chi connectivity index (χ1v) is 10.7. The quantitative estimate of drug-likeness (QED) is 0.773. The van der Waals surface area contributed by atoms with Crippen LogP contribution in [-0.2, 0) is 11.3 Å². The van der Waals surface area contributed by atoms with Crippen molar-refractivity contribution in [2.45, 2.75) is 57.5 Å². The molecule has 1 saturated carbocycles. The third-order valence-electron chi connectivity index (χ3n) is 6.09. The maximum Gasteiger partial charge on any atom is 0.173 e. The lowest BCUT2D eigenvalue weighted by molar-refractivity contribution is 0.0346. The van der Waals surface area contributed by atoms with Gasteiger partial charge in [0.15, 0.2) is 5.82 Å². The van der Waals surface area contributed by atoms with Gasteiger partial charge in [-0.1, -0.05) is 25.3 Å². The molecule has 142 valence electrons. The summed E-state index contributed by atoms with van der Waals surface area (Å²) in [7, 11) is 1.72. The van der Waals surface area contributed by atoms with Crippen molar-refractivity contribution in [2.75, 3.05) is 26.8 Å². The molecule has 7 heteroatoms. The highest BCUT2D eigenvalue weighted by atomic mass is 32.1. The molecule has 3 heterocycles. The maximum absolute atomic E-state index is 5.25. The van der Waals surface area contributed by atoms with E-state index in [9.17, 15) is 0 Å². The van der Waals surface area contributed by atoms with Gasteiger partial charge in [-0.2, -0.15) is 0 Å². The summed E-state index contributed by atoms with van der Waals surface area (Å²) < 4.78 is 7.18. The second-order valence-electron chi connectivity index (χ2n) is 7.81. The highest BCUT2D eigenvalue weighted by Crippen LogP contribution is 2.46. The van der Waals surface area contributed by atoms with Gasteiger partial charge in [0.1, 0.15) is 6.04 Å². The van der Waals surface area contributed by atoms with E-state index in [2.05, 4.69) is 37.9 Å². The Balaban J connectivity index is 1.63. The Morgan fingerprint density at radius 3 is 2.85 bits per heavy atom. The van der Waals surface area contributed by atoms with Crippen LogP contribution < -0.4 is 0 Å². The summed E-state index contributed by atoms with van der Waals surface area (Å²) in [6.07, 6.45) is 9.62. The number of piperidine rings is 1. The van der Waals surface area contributed by atoms with Crippen molar-refractivity contribution in [1.82, 2.24) is 25.1 Å². The van der Waals surface area contributed by atoms with Gasteiger partial charge in [0.05, 0.1) is 13.2 Å². The van der Waals surface area contributed by atoms with Gasteiger partial charge in [-0.15, -0.1) is 16.4 Å². The second kappa shape index (κ2) is 8.15. The minimum absolute atomic E-state index is 0.154. The first-order valence-electron chi connectivity index (χ1n) is 9.84. The number of thiophene rings is 1. The molecule has 4 rings (SSSR count). The van der Waals surface area contributed by atoms with Gasteiger partial charge in [0, 0.05) is 18.5 Å². The number of hydrogen-bond donors (Lipinski definition) is 0. The molecular weight excluding hydrogens is 346 g/mol. The summed E-state index contributed by atoms with van der Waals surface area (Å²) in [5.74, 6) is 0.956. The van der Waals surface area contributed by atoms with Crippen LogP contribution in [0.3, 0.4) is 0 Å². The molecule has 2 fully saturated rings. The average molecular weight is 376 g/mol. The molecule has 0 radical (unpaired) electrons. The van der Waals surface area contributed by atoms with Crippen LogP contribution >= 0.6 is 11.3 Å².